The summed E-state index contributed by atoms with van der Waals surface area (Å²) in [5, 5.41) is 8.54. The Morgan fingerprint density at radius 2 is 1.53 bits per heavy atom. The van der Waals surface area contributed by atoms with Gasteiger partial charge in [-0.2, -0.15) is 27.0 Å². The van der Waals surface area contributed by atoms with E-state index in [1.807, 2.05) is 0 Å². The number of ether oxygens (including phenoxy) is 1. The van der Waals surface area contributed by atoms with Gasteiger partial charge in [-0.25, -0.2) is 0 Å². The third kappa shape index (κ3) is 9.63. The quantitative estimate of drug-likeness (QED) is 0.571. The first kappa shape index (κ1) is 16.7. The number of hydrogen-bond acceptors (Lipinski definition) is 1. The summed E-state index contributed by atoms with van der Waals surface area (Å²) >= 11 is 0. The zero-order chi connectivity index (χ0) is 11.0. The largest absolute Gasteiger partial charge is 1.00 e. The summed E-state index contributed by atoms with van der Waals surface area (Å²) in [6.45, 7) is 6.25. The molecule has 15 heavy (non-hydrogen) atoms. The van der Waals surface area contributed by atoms with Crippen molar-refractivity contribution in [3.05, 3.63) is 41.2 Å². The molecule has 0 fully saturated rings. The number of rotatable bonds is 2. The van der Waals surface area contributed by atoms with Crippen molar-refractivity contribution in [2.45, 2.75) is 20.8 Å². The normalized spacial score (nSPS) is 8.33. The van der Waals surface area contributed by atoms with Crippen molar-refractivity contribution in [2.24, 2.45) is 0 Å². The fourth-order valence-electron chi connectivity index (χ4n) is 0.690. The van der Waals surface area contributed by atoms with Crippen molar-refractivity contribution in [1.82, 2.24) is 0 Å². The van der Waals surface area contributed by atoms with Gasteiger partial charge in [-0.1, -0.05) is 12.1 Å². The standard InChI is InChI=1S/C8H8NO.C4H9.Os/c1-10-8-4-2-7(6-9)3-5-8;1-4(2)3;/h2-6H,1H3;1-3H3;/q2*-1;+1. The number of methoxy groups -OCH3 is 1. The second-order valence-electron chi connectivity index (χ2n) is 3.40. The van der Waals surface area contributed by atoms with E-state index in [0.29, 0.717) is 0 Å². The maximum atomic E-state index is 8.54. The van der Waals surface area contributed by atoms with E-state index >= 15 is 0 Å². The van der Waals surface area contributed by atoms with Crippen LogP contribution in [-0.2, 0) is 19.8 Å². The summed E-state index contributed by atoms with van der Waals surface area (Å²) in [5.41, 5.74) is 0.779. The van der Waals surface area contributed by atoms with Crippen LogP contribution in [0.2, 0.25) is 0 Å². The molecule has 0 spiro atoms. The molecular formula is C12H17NOOs-. The third-order valence-corrected chi connectivity index (χ3v) is 1.26. The van der Waals surface area contributed by atoms with Crippen LogP contribution in [0.3, 0.4) is 0 Å². The van der Waals surface area contributed by atoms with Gasteiger partial charge < -0.3 is 16.1 Å². The van der Waals surface area contributed by atoms with Gasteiger partial charge in [0.1, 0.15) is 5.75 Å². The van der Waals surface area contributed by atoms with Crippen LogP contribution in [0, 0.1) is 5.92 Å². The van der Waals surface area contributed by atoms with E-state index in [2.05, 4.69) is 20.8 Å². The van der Waals surface area contributed by atoms with Crippen molar-refractivity contribution < 1.29 is 24.5 Å². The van der Waals surface area contributed by atoms with E-state index in [4.69, 9.17) is 10.1 Å². The fourth-order valence-corrected chi connectivity index (χ4v) is 0.690. The summed E-state index contributed by atoms with van der Waals surface area (Å²) in [6, 6.07) is 7.14. The molecule has 1 aromatic carbocycles. The van der Waals surface area contributed by atoms with Gasteiger partial charge in [0.05, 0.1) is 7.11 Å². The van der Waals surface area contributed by atoms with Crippen molar-refractivity contribution in [2.75, 3.05) is 7.11 Å². The summed E-state index contributed by atoms with van der Waals surface area (Å²) in [7, 11) is 1.61. The average molecular weight is 382 g/mol. The minimum absolute atomic E-state index is 0. The first-order chi connectivity index (χ1) is 6.60. The van der Waals surface area contributed by atoms with Crippen LogP contribution in [0.5, 0.6) is 5.75 Å². The Hall–Kier alpha value is -0.674. The van der Waals surface area contributed by atoms with Crippen LogP contribution in [0.1, 0.15) is 26.3 Å². The van der Waals surface area contributed by atoms with E-state index < -0.39 is 0 Å². The molecule has 0 aliphatic carbocycles. The van der Waals surface area contributed by atoms with E-state index in [1.54, 1.807) is 31.4 Å². The molecule has 0 atom stereocenters. The topological polar surface area (TPSA) is 31.5 Å². The van der Waals surface area contributed by atoms with Gasteiger partial charge in [0.2, 0.25) is 0 Å². The maximum absolute atomic E-state index is 8.54. The summed E-state index contributed by atoms with van der Waals surface area (Å²) < 4.78 is 4.92. The Kier molecular flexibility index (Phi) is 11.0. The minimum atomic E-state index is 0. The molecule has 0 heterocycles. The molecular weight excluding hydrogens is 364 g/mol. The van der Waals surface area contributed by atoms with Gasteiger partial charge in [-0.3, -0.25) is 0 Å². The van der Waals surface area contributed by atoms with Crippen LogP contribution < -0.4 is 4.74 Å². The smallest absolute Gasteiger partial charge is 0.810 e. The monoisotopic (exact) mass is 383 g/mol. The summed E-state index contributed by atoms with van der Waals surface area (Å²) in [5.74, 6) is 2.21. The van der Waals surface area contributed by atoms with Crippen LogP contribution in [0.15, 0.2) is 24.3 Å². The fraction of sp³-hybridized carbons (Fsp3) is 0.333. The van der Waals surface area contributed by atoms with Gasteiger partial charge in [-0.05, 0) is 17.7 Å². The Bertz CT molecular complexity index is 254. The molecule has 1 rings (SSSR count). The van der Waals surface area contributed by atoms with Crippen molar-refractivity contribution >= 4 is 6.21 Å². The zero-order valence-corrected chi connectivity index (χ0v) is 12.1. The summed E-state index contributed by atoms with van der Waals surface area (Å²) in [4.78, 5) is 0. The van der Waals surface area contributed by atoms with E-state index in [-0.39, 0.29) is 19.8 Å². The molecule has 0 aliphatic rings. The summed E-state index contributed by atoms with van der Waals surface area (Å²) in [6.07, 6.45) is 1.06. The van der Waals surface area contributed by atoms with Crippen LogP contribution in [-0.4, -0.2) is 13.3 Å². The van der Waals surface area contributed by atoms with Gasteiger partial charge in [0, 0.05) is 0 Å². The molecule has 1 radical (unpaired) electrons. The second-order valence-corrected chi connectivity index (χ2v) is 3.40. The molecule has 0 aromatic heterocycles. The predicted molar refractivity (Wildman–Crippen MR) is 61.8 cm³/mol. The number of nitrogens with zero attached hydrogens (tertiary/aromatic N) is 1. The van der Waals surface area contributed by atoms with Crippen LogP contribution in [0.4, 0.5) is 0 Å². The SMILES string of the molecule is COc1ccc(C=[N-])cc1.C[C-](C)C.[Os+]. The van der Waals surface area contributed by atoms with Crippen LogP contribution >= 0.6 is 0 Å². The molecule has 3 heteroatoms. The predicted octanol–water partition coefficient (Wildman–Crippen LogP) is 3.30. The van der Waals surface area contributed by atoms with E-state index in [0.717, 1.165) is 17.5 Å². The van der Waals surface area contributed by atoms with Gasteiger partial charge >= 0.3 is 19.8 Å². The molecule has 0 N–H and O–H groups in total. The van der Waals surface area contributed by atoms with Crippen molar-refractivity contribution in [3.63, 3.8) is 0 Å². The first-order valence-corrected chi connectivity index (χ1v) is 4.48. The average Bonchev–Trinajstić information content (AvgIpc) is 2.17. The molecule has 0 saturated carbocycles. The molecule has 85 valence electrons. The van der Waals surface area contributed by atoms with Gasteiger partial charge in [0.25, 0.3) is 0 Å². The maximum Gasteiger partial charge on any atom is 1.00 e. The van der Waals surface area contributed by atoms with Crippen molar-refractivity contribution in [3.8, 4) is 5.75 Å². The third-order valence-electron chi connectivity index (χ3n) is 1.26. The first-order valence-electron chi connectivity index (χ1n) is 4.48. The zero-order valence-electron chi connectivity index (χ0n) is 9.60. The molecule has 0 amide bonds. The van der Waals surface area contributed by atoms with E-state index in [1.165, 1.54) is 5.92 Å². The molecule has 0 saturated heterocycles. The van der Waals surface area contributed by atoms with Crippen molar-refractivity contribution in [1.29, 1.82) is 0 Å². The Balaban J connectivity index is 0. The minimum Gasteiger partial charge on any atom is -0.810 e. The number of hydrogen-bond donors (Lipinski definition) is 0. The Morgan fingerprint density at radius 3 is 1.80 bits per heavy atom. The van der Waals surface area contributed by atoms with Crippen LogP contribution in [0.25, 0.3) is 5.41 Å². The number of benzene rings is 1. The van der Waals surface area contributed by atoms with Gasteiger partial charge in [-0.15, -0.1) is 0 Å². The second kappa shape index (κ2) is 9.87. The molecule has 0 bridgehead atoms. The Labute approximate surface area is 106 Å². The van der Waals surface area contributed by atoms with Gasteiger partial charge in [0.15, 0.2) is 0 Å². The molecule has 1 aromatic rings. The molecule has 2 nitrogen and oxygen atoms in total. The molecule has 0 unspecified atom stereocenters. The Morgan fingerprint density at radius 1 is 1.13 bits per heavy atom. The molecule has 0 aliphatic heterocycles. The van der Waals surface area contributed by atoms with E-state index in [9.17, 15) is 0 Å².